The van der Waals surface area contributed by atoms with Crippen molar-refractivity contribution in [2.24, 2.45) is 41.2 Å². The largest absolute Gasteiger partial charge is 0.507 e. The van der Waals surface area contributed by atoms with E-state index in [1.807, 2.05) is 24.3 Å². The summed E-state index contributed by atoms with van der Waals surface area (Å²) in [5.41, 5.74) is 5.97. The topological polar surface area (TPSA) is 152 Å². The number of hydrogen-bond acceptors (Lipinski definition) is 7. The molecule has 2 aromatic rings. The van der Waals surface area contributed by atoms with Gasteiger partial charge in [-0.25, -0.2) is 0 Å². The summed E-state index contributed by atoms with van der Waals surface area (Å²) in [6, 6.07) is 11.1. The van der Waals surface area contributed by atoms with Gasteiger partial charge < -0.3 is 15.9 Å². The van der Waals surface area contributed by atoms with Gasteiger partial charge >= 0.3 is 0 Å². The number of ketones is 4. The zero-order valence-electron chi connectivity index (χ0n) is 23.4. The van der Waals surface area contributed by atoms with Gasteiger partial charge in [0.1, 0.15) is 5.75 Å². The van der Waals surface area contributed by atoms with Crippen LogP contribution in [-0.2, 0) is 31.0 Å². The van der Waals surface area contributed by atoms with E-state index in [-0.39, 0.29) is 29.6 Å². The SMILES string of the molecule is CC(C)[C@@H]1C(=O)C(C(N)=O)C(=O)[C@@]2(O)C(=O)C3C(=O)c4c(O)ccc(-c5ccc(C(C)(C)C)cc5)c4C[C@H]3C[C@@H]12. The normalized spacial score (nSPS) is 30.1. The van der Waals surface area contributed by atoms with Crippen molar-refractivity contribution in [3.05, 3.63) is 53.1 Å². The highest BCUT2D eigenvalue weighted by Crippen LogP contribution is 2.53. The molecule has 2 saturated carbocycles. The van der Waals surface area contributed by atoms with E-state index in [1.165, 1.54) is 6.07 Å². The fourth-order valence-corrected chi connectivity index (χ4v) is 7.27. The van der Waals surface area contributed by atoms with E-state index in [0.717, 1.165) is 16.7 Å². The van der Waals surface area contributed by atoms with E-state index in [1.54, 1.807) is 19.9 Å². The number of fused-ring (bicyclic) bond motifs is 3. The number of Topliss-reactive ketones (excluding diaryl/α,β-unsaturated/α-hetero) is 4. The molecule has 40 heavy (non-hydrogen) atoms. The van der Waals surface area contributed by atoms with E-state index in [9.17, 15) is 34.2 Å². The van der Waals surface area contributed by atoms with Crippen LogP contribution in [-0.4, -0.2) is 44.9 Å². The molecule has 3 aliphatic rings. The van der Waals surface area contributed by atoms with Crippen molar-refractivity contribution in [2.45, 2.75) is 58.5 Å². The Morgan fingerprint density at radius 3 is 2.17 bits per heavy atom. The number of primary amides is 1. The van der Waals surface area contributed by atoms with Crippen molar-refractivity contribution in [1.29, 1.82) is 0 Å². The van der Waals surface area contributed by atoms with Crippen LogP contribution in [0.2, 0.25) is 0 Å². The van der Waals surface area contributed by atoms with E-state index in [0.29, 0.717) is 5.56 Å². The molecular formula is C32H35NO7. The number of nitrogens with two attached hydrogens (primary N) is 1. The molecule has 0 aromatic heterocycles. The predicted molar refractivity (Wildman–Crippen MR) is 146 cm³/mol. The highest BCUT2D eigenvalue weighted by Gasteiger charge is 2.69. The van der Waals surface area contributed by atoms with Crippen molar-refractivity contribution >= 4 is 29.0 Å². The lowest BCUT2D eigenvalue weighted by Crippen LogP contribution is -2.71. The van der Waals surface area contributed by atoms with Crippen LogP contribution < -0.4 is 5.73 Å². The summed E-state index contributed by atoms with van der Waals surface area (Å²) in [5, 5.41) is 22.5. The molecule has 210 valence electrons. The number of carbonyl (C=O) groups excluding carboxylic acids is 5. The lowest BCUT2D eigenvalue weighted by Gasteiger charge is -2.52. The van der Waals surface area contributed by atoms with Gasteiger partial charge in [-0.1, -0.05) is 65.0 Å². The average molecular weight is 546 g/mol. The molecule has 4 N–H and O–H groups in total. The molecule has 8 nitrogen and oxygen atoms in total. The second kappa shape index (κ2) is 9.20. The number of amides is 1. The van der Waals surface area contributed by atoms with Crippen LogP contribution in [0.15, 0.2) is 36.4 Å². The monoisotopic (exact) mass is 545 g/mol. The van der Waals surface area contributed by atoms with Crippen molar-refractivity contribution in [2.75, 3.05) is 0 Å². The minimum Gasteiger partial charge on any atom is -0.507 e. The van der Waals surface area contributed by atoms with Gasteiger partial charge in [0, 0.05) is 11.8 Å². The summed E-state index contributed by atoms with van der Waals surface area (Å²) < 4.78 is 0. The van der Waals surface area contributed by atoms with Gasteiger partial charge in [0.15, 0.2) is 34.7 Å². The van der Waals surface area contributed by atoms with Gasteiger partial charge in [-0.2, -0.15) is 0 Å². The quantitative estimate of drug-likeness (QED) is 0.501. The smallest absolute Gasteiger partial charge is 0.235 e. The Labute approximate surface area is 233 Å². The maximum absolute atomic E-state index is 14.0. The first-order valence-electron chi connectivity index (χ1n) is 13.7. The fourth-order valence-electron chi connectivity index (χ4n) is 7.27. The lowest BCUT2D eigenvalue weighted by atomic mass is 9.49. The van der Waals surface area contributed by atoms with Gasteiger partial charge in [0.05, 0.1) is 11.5 Å². The third kappa shape index (κ3) is 3.87. The first-order chi connectivity index (χ1) is 18.6. The molecule has 2 fully saturated rings. The standard InChI is InChI=1S/C32H35NO7/c1-14(2)22-20-13-16-12-19-18(15-6-8-17(9-7-15)31(3,4)5)10-11-21(34)24(19)27(36)23(16)28(37)32(20,40)29(38)25(26(22)35)30(33)39/h6-11,14,16,20,22-23,25,34,40H,12-13H2,1-5H3,(H2,33,39)/t16-,20-,22-,23?,25?,32-/m0/s1. The van der Waals surface area contributed by atoms with Gasteiger partial charge in [-0.05, 0) is 58.4 Å². The van der Waals surface area contributed by atoms with Gasteiger partial charge in [0.25, 0.3) is 0 Å². The molecular weight excluding hydrogens is 510 g/mol. The Bertz CT molecular complexity index is 1470. The van der Waals surface area contributed by atoms with Crippen LogP contribution in [0.4, 0.5) is 0 Å². The number of carbonyl (C=O) groups is 5. The second-order valence-electron chi connectivity index (χ2n) is 13.0. The van der Waals surface area contributed by atoms with E-state index in [4.69, 9.17) is 5.73 Å². The van der Waals surface area contributed by atoms with Crippen molar-refractivity contribution < 1.29 is 34.2 Å². The molecule has 0 bridgehead atoms. The maximum atomic E-state index is 14.0. The van der Waals surface area contributed by atoms with Crippen molar-refractivity contribution in [3.63, 3.8) is 0 Å². The molecule has 0 spiro atoms. The Balaban J connectivity index is 1.63. The van der Waals surface area contributed by atoms with Crippen molar-refractivity contribution in [3.8, 4) is 16.9 Å². The summed E-state index contributed by atoms with van der Waals surface area (Å²) in [6.07, 6.45) is 0.295. The zero-order chi connectivity index (χ0) is 29.5. The molecule has 0 saturated heterocycles. The number of aromatic hydroxyl groups is 1. The minimum absolute atomic E-state index is 0.000226. The molecule has 8 heteroatoms. The van der Waals surface area contributed by atoms with Gasteiger partial charge in [-0.3, -0.25) is 24.0 Å². The molecule has 0 heterocycles. The molecule has 1 amide bonds. The zero-order valence-corrected chi connectivity index (χ0v) is 23.4. The van der Waals surface area contributed by atoms with Gasteiger partial charge in [0.2, 0.25) is 5.91 Å². The van der Waals surface area contributed by atoms with Gasteiger partial charge in [-0.15, -0.1) is 0 Å². The summed E-state index contributed by atoms with van der Waals surface area (Å²) >= 11 is 0. The highest BCUT2D eigenvalue weighted by atomic mass is 16.3. The summed E-state index contributed by atoms with van der Waals surface area (Å²) in [7, 11) is 0. The highest BCUT2D eigenvalue weighted by molar-refractivity contribution is 6.32. The molecule has 2 aromatic carbocycles. The Morgan fingerprint density at radius 1 is 1.00 bits per heavy atom. The van der Waals surface area contributed by atoms with Crippen LogP contribution in [0.25, 0.3) is 11.1 Å². The molecule has 0 aliphatic heterocycles. The van der Waals surface area contributed by atoms with Crippen LogP contribution in [0.5, 0.6) is 5.75 Å². The van der Waals surface area contributed by atoms with Crippen molar-refractivity contribution in [1.82, 2.24) is 0 Å². The maximum Gasteiger partial charge on any atom is 0.235 e. The number of benzene rings is 2. The Kier molecular flexibility index (Phi) is 6.41. The summed E-state index contributed by atoms with van der Waals surface area (Å²) in [4.78, 5) is 66.7. The molecule has 6 atom stereocenters. The molecule has 2 unspecified atom stereocenters. The fraction of sp³-hybridized carbons (Fsp3) is 0.469. The summed E-state index contributed by atoms with van der Waals surface area (Å²) in [6.45, 7) is 9.79. The van der Waals surface area contributed by atoms with Crippen LogP contribution in [0.3, 0.4) is 0 Å². The predicted octanol–water partition coefficient (Wildman–Crippen LogP) is 3.17. The number of aliphatic hydroxyl groups is 1. The average Bonchev–Trinajstić information content (AvgIpc) is 2.85. The number of hydrogen-bond donors (Lipinski definition) is 3. The first kappa shape index (κ1) is 27.9. The van der Waals surface area contributed by atoms with Crippen LogP contribution >= 0.6 is 0 Å². The third-order valence-corrected chi connectivity index (χ3v) is 9.26. The lowest BCUT2D eigenvalue weighted by molar-refractivity contribution is -0.182. The third-order valence-electron chi connectivity index (χ3n) is 9.26. The van der Waals surface area contributed by atoms with E-state index >= 15 is 0 Å². The van der Waals surface area contributed by atoms with E-state index < -0.39 is 70.1 Å². The molecule has 3 aliphatic carbocycles. The number of rotatable bonds is 3. The number of phenols is 1. The number of phenolic OH excluding ortho intramolecular Hbond substituents is 1. The molecule has 0 radical (unpaired) electrons. The van der Waals surface area contributed by atoms with Crippen LogP contribution in [0, 0.1) is 35.5 Å². The molecule has 5 rings (SSSR count). The minimum atomic E-state index is -2.69. The first-order valence-corrected chi connectivity index (χ1v) is 13.7. The van der Waals surface area contributed by atoms with E-state index in [2.05, 4.69) is 20.8 Å². The Hall–Kier alpha value is -3.65. The Morgan fingerprint density at radius 2 is 1.62 bits per heavy atom. The second-order valence-corrected chi connectivity index (χ2v) is 13.0. The summed E-state index contributed by atoms with van der Waals surface area (Å²) in [5.74, 6) is -11.5. The van der Waals surface area contributed by atoms with Crippen LogP contribution in [0.1, 0.15) is 62.5 Å².